The standard InChI is InChI=1S/C21H19NO6/c1-12-6-13(2-5-19(12)28-11-16-10-27-16)22-20(23)17-4-3-14(7-18(17)21(22)24)25-8-15-9-26-15/h2-7,15-16H,8-11H2,1H3. The summed E-state index contributed by atoms with van der Waals surface area (Å²) in [6.45, 7) is 4.25. The molecule has 0 radical (unpaired) electrons. The first-order valence-electron chi connectivity index (χ1n) is 9.22. The third-order valence-electron chi connectivity index (χ3n) is 4.94. The lowest BCUT2D eigenvalue weighted by Crippen LogP contribution is -2.29. The van der Waals surface area contributed by atoms with Crippen LogP contribution in [0.15, 0.2) is 36.4 Å². The summed E-state index contributed by atoms with van der Waals surface area (Å²) >= 11 is 0. The Morgan fingerprint density at radius 2 is 1.61 bits per heavy atom. The van der Waals surface area contributed by atoms with Crippen LogP contribution in [0.4, 0.5) is 5.69 Å². The van der Waals surface area contributed by atoms with Crippen LogP contribution in [-0.2, 0) is 9.47 Å². The summed E-state index contributed by atoms with van der Waals surface area (Å²) in [5.41, 5.74) is 2.10. The lowest BCUT2D eigenvalue weighted by atomic mass is 10.1. The van der Waals surface area contributed by atoms with Gasteiger partial charge in [-0.15, -0.1) is 0 Å². The van der Waals surface area contributed by atoms with E-state index < -0.39 is 0 Å². The Bertz CT molecular complexity index is 963. The fourth-order valence-corrected chi connectivity index (χ4v) is 3.18. The largest absolute Gasteiger partial charge is 0.491 e. The van der Waals surface area contributed by atoms with E-state index >= 15 is 0 Å². The van der Waals surface area contributed by atoms with Crippen LogP contribution < -0.4 is 14.4 Å². The number of anilines is 1. The number of amides is 2. The van der Waals surface area contributed by atoms with Crippen molar-refractivity contribution in [2.45, 2.75) is 19.1 Å². The van der Waals surface area contributed by atoms with Crippen LogP contribution in [0.1, 0.15) is 26.3 Å². The number of aryl methyl sites for hydroxylation is 1. The fourth-order valence-electron chi connectivity index (χ4n) is 3.18. The zero-order chi connectivity index (χ0) is 19.3. The highest BCUT2D eigenvalue weighted by atomic mass is 16.6. The van der Waals surface area contributed by atoms with Gasteiger partial charge in [-0.05, 0) is 48.9 Å². The lowest BCUT2D eigenvalue weighted by molar-refractivity contribution is 0.0926. The van der Waals surface area contributed by atoms with Crippen molar-refractivity contribution in [3.8, 4) is 11.5 Å². The monoisotopic (exact) mass is 381 g/mol. The van der Waals surface area contributed by atoms with Crippen LogP contribution in [0.25, 0.3) is 0 Å². The summed E-state index contributed by atoms with van der Waals surface area (Å²) in [5, 5.41) is 0. The molecule has 2 aromatic carbocycles. The number of nitrogens with zero attached hydrogens (tertiary/aromatic N) is 1. The Hall–Kier alpha value is -2.90. The smallest absolute Gasteiger partial charge is 0.266 e. The van der Waals surface area contributed by atoms with Gasteiger partial charge in [0, 0.05) is 0 Å². The number of fused-ring (bicyclic) bond motifs is 1. The summed E-state index contributed by atoms with van der Waals surface area (Å²) in [7, 11) is 0. The maximum atomic E-state index is 12.9. The Morgan fingerprint density at radius 1 is 0.929 bits per heavy atom. The molecule has 2 aromatic rings. The zero-order valence-corrected chi connectivity index (χ0v) is 15.3. The Balaban J connectivity index is 1.36. The number of hydrogen-bond donors (Lipinski definition) is 0. The van der Waals surface area contributed by atoms with Gasteiger partial charge in [0.2, 0.25) is 0 Å². The molecule has 2 atom stereocenters. The predicted molar refractivity (Wildman–Crippen MR) is 99.2 cm³/mol. The van der Waals surface area contributed by atoms with Crippen LogP contribution in [0.3, 0.4) is 0 Å². The van der Waals surface area contributed by atoms with Crippen molar-refractivity contribution in [3.63, 3.8) is 0 Å². The van der Waals surface area contributed by atoms with Crippen LogP contribution in [0.2, 0.25) is 0 Å². The molecule has 2 fully saturated rings. The molecule has 3 aliphatic rings. The van der Waals surface area contributed by atoms with Crippen molar-refractivity contribution in [2.75, 3.05) is 31.3 Å². The molecule has 5 rings (SSSR count). The van der Waals surface area contributed by atoms with Gasteiger partial charge in [0.25, 0.3) is 11.8 Å². The average molecular weight is 381 g/mol. The Morgan fingerprint density at radius 3 is 2.29 bits per heavy atom. The fraction of sp³-hybridized carbons (Fsp3) is 0.333. The zero-order valence-electron chi connectivity index (χ0n) is 15.3. The van der Waals surface area contributed by atoms with Crippen LogP contribution >= 0.6 is 0 Å². The van der Waals surface area contributed by atoms with Gasteiger partial charge in [0.05, 0.1) is 30.0 Å². The molecule has 2 saturated heterocycles. The Kier molecular flexibility index (Phi) is 4.07. The molecular weight excluding hydrogens is 362 g/mol. The van der Waals surface area contributed by atoms with Gasteiger partial charge < -0.3 is 18.9 Å². The molecule has 0 saturated carbocycles. The molecule has 0 bridgehead atoms. The summed E-state index contributed by atoms with van der Waals surface area (Å²) in [6.07, 6.45) is 0.287. The van der Waals surface area contributed by atoms with E-state index in [2.05, 4.69) is 0 Å². The van der Waals surface area contributed by atoms with E-state index in [1.165, 1.54) is 4.90 Å². The summed E-state index contributed by atoms with van der Waals surface area (Å²) in [4.78, 5) is 26.9. The van der Waals surface area contributed by atoms with E-state index in [1.54, 1.807) is 36.4 Å². The maximum absolute atomic E-state index is 12.9. The minimum atomic E-state index is -0.354. The van der Waals surface area contributed by atoms with Crippen molar-refractivity contribution in [3.05, 3.63) is 53.1 Å². The highest BCUT2D eigenvalue weighted by molar-refractivity contribution is 6.34. The van der Waals surface area contributed by atoms with Crippen molar-refractivity contribution in [2.24, 2.45) is 0 Å². The molecule has 0 aromatic heterocycles. The van der Waals surface area contributed by atoms with E-state index in [0.717, 1.165) is 12.2 Å². The lowest BCUT2D eigenvalue weighted by Gasteiger charge is -2.16. The van der Waals surface area contributed by atoms with Gasteiger partial charge in [-0.25, -0.2) is 4.90 Å². The van der Waals surface area contributed by atoms with Gasteiger partial charge in [0.1, 0.15) is 36.9 Å². The van der Waals surface area contributed by atoms with E-state index in [1.807, 2.05) is 6.92 Å². The number of hydrogen-bond acceptors (Lipinski definition) is 6. The van der Waals surface area contributed by atoms with Gasteiger partial charge in [0.15, 0.2) is 0 Å². The molecule has 3 aliphatic heterocycles. The second-order valence-corrected chi connectivity index (χ2v) is 7.14. The van der Waals surface area contributed by atoms with Crippen molar-refractivity contribution < 1.29 is 28.5 Å². The first-order valence-corrected chi connectivity index (χ1v) is 9.22. The topological polar surface area (TPSA) is 80.9 Å². The molecule has 144 valence electrons. The van der Waals surface area contributed by atoms with Crippen LogP contribution in [-0.4, -0.2) is 50.4 Å². The number of benzene rings is 2. The third-order valence-corrected chi connectivity index (χ3v) is 4.94. The first-order chi connectivity index (χ1) is 13.6. The summed E-state index contributed by atoms with van der Waals surface area (Å²) < 4.78 is 21.6. The molecular formula is C21H19NO6. The van der Waals surface area contributed by atoms with E-state index in [-0.39, 0.29) is 24.0 Å². The molecule has 2 unspecified atom stereocenters. The second kappa shape index (κ2) is 6.61. The minimum Gasteiger partial charge on any atom is -0.491 e. The summed E-state index contributed by atoms with van der Waals surface area (Å²) in [6, 6.07) is 10.3. The predicted octanol–water partition coefficient (Wildman–Crippen LogP) is 2.35. The first kappa shape index (κ1) is 17.2. The molecule has 28 heavy (non-hydrogen) atoms. The van der Waals surface area contributed by atoms with E-state index in [4.69, 9.17) is 18.9 Å². The van der Waals surface area contributed by atoms with Gasteiger partial charge in [-0.2, -0.15) is 0 Å². The number of rotatable bonds is 7. The summed E-state index contributed by atoms with van der Waals surface area (Å²) in [5.74, 6) is 0.581. The number of carbonyl (C=O) groups is 2. The molecule has 0 aliphatic carbocycles. The van der Waals surface area contributed by atoms with Gasteiger partial charge in [-0.3, -0.25) is 9.59 Å². The van der Waals surface area contributed by atoms with Crippen molar-refractivity contribution in [1.29, 1.82) is 0 Å². The number of imide groups is 1. The molecule has 7 nitrogen and oxygen atoms in total. The number of ether oxygens (including phenoxy) is 4. The molecule has 0 spiro atoms. The van der Waals surface area contributed by atoms with Crippen molar-refractivity contribution >= 4 is 17.5 Å². The number of epoxide rings is 2. The second-order valence-electron chi connectivity index (χ2n) is 7.14. The third kappa shape index (κ3) is 3.23. The molecule has 7 heteroatoms. The minimum absolute atomic E-state index is 0.122. The average Bonchev–Trinajstić information content (AvgIpc) is 3.60. The molecule has 2 amide bonds. The highest BCUT2D eigenvalue weighted by Gasteiger charge is 2.37. The molecule has 0 N–H and O–H groups in total. The highest BCUT2D eigenvalue weighted by Crippen LogP contribution is 2.33. The normalized spacial score (nSPS) is 22.2. The van der Waals surface area contributed by atoms with E-state index in [0.29, 0.717) is 48.1 Å². The van der Waals surface area contributed by atoms with Gasteiger partial charge >= 0.3 is 0 Å². The van der Waals surface area contributed by atoms with Crippen molar-refractivity contribution in [1.82, 2.24) is 0 Å². The van der Waals surface area contributed by atoms with Crippen LogP contribution in [0, 0.1) is 6.92 Å². The van der Waals surface area contributed by atoms with E-state index in [9.17, 15) is 9.59 Å². The Labute approximate surface area is 161 Å². The SMILES string of the molecule is Cc1cc(N2C(=O)c3ccc(OCC4CO4)cc3C2=O)ccc1OCC1CO1. The molecule has 3 heterocycles. The number of carbonyl (C=O) groups excluding carboxylic acids is 2. The van der Waals surface area contributed by atoms with Gasteiger partial charge in [-0.1, -0.05) is 0 Å². The quantitative estimate of drug-likeness (QED) is 0.541. The van der Waals surface area contributed by atoms with Crippen LogP contribution in [0.5, 0.6) is 11.5 Å². The maximum Gasteiger partial charge on any atom is 0.266 e.